The molecule has 0 fully saturated rings. The van der Waals surface area contributed by atoms with Crippen LogP contribution >= 0.6 is 15.9 Å². The number of benzene rings is 2. The van der Waals surface area contributed by atoms with Gasteiger partial charge in [0.1, 0.15) is 5.75 Å². The van der Waals surface area contributed by atoms with Crippen LogP contribution in [0.15, 0.2) is 40.9 Å². The largest absolute Gasteiger partial charge is 0.496 e. The predicted octanol–water partition coefficient (Wildman–Crippen LogP) is 6.63. The summed E-state index contributed by atoms with van der Waals surface area (Å²) in [5.74, 6) is 1.24. The average Bonchev–Trinajstić information content (AvgIpc) is 2.65. The quantitative estimate of drug-likeness (QED) is 0.396. The Balaban J connectivity index is 2.16. The molecule has 1 aliphatic heterocycles. The lowest BCUT2D eigenvalue weighted by Crippen LogP contribution is -2.48. The Hall–Kier alpha value is -2.25. The molecule has 4 heteroatoms. The fourth-order valence-corrected chi connectivity index (χ4v) is 4.81. The first-order valence-corrected chi connectivity index (χ1v) is 10.5. The molecule has 1 heterocycles. The third kappa shape index (κ3) is 3.82. The molecule has 146 valence electrons. The highest BCUT2D eigenvalue weighted by atomic mass is 79.9. The van der Waals surface area contributed by atoms with E-state index in [1.165, 1.54) is 11.3 Å². The van der Waals surface area contributed by atoms with E-state index in [0.29, 0.717) is 11.5 Å². The van der Waals surface area contributed by atoms with Crippen LogP contribution in [-0.2, 0) is 0 Å². The van der Waals surface area contributed by atoms with Gasteiger partial charge >= 0.3 is 0 Å². The molecule has 28 heavy (non-hydrogen) atoms. The molecule has 0 bridgehead atoms. The molecule has 0 aliphatic carbocycles. The standard InChI is InChI=1S/C24H27BrN2O/c1-6-27-22-13-23(28-5)18(12-21(22)16(2)14-24(27,3)4)10-19(15-26)17-8-7-9-20(25)11-17/h7-13,16H,6,14H2,1-5H3/b19-10+. The average molecular weight is 439 g/mol. The van der Waals surface area contributed by atoms with E-state index in [2.05, 4.69) is 66.7 Å². The van der Waals surface area contributed by atoms with Gasteiger partial charge in [-0.3, -0.25) is 0 Å². The first-order chi connectivity index (χ1) is 13.3. The molecule has 0 aromatic heterocycles. The van der Waals surface area contributed by atoms with E-state index >= 15 is 0 Å². The second-order valence-corrected chi connectivity index (χ2v) is 8.91. The van der Waals surface area contributed by atoms with Crippen LogP contribution in [0.4, 0.5) is 5.69 Å². The molecule has 1 atom stereocenters. The molecule has 0 amide bonds. The van der Waals surface area contributed by atoms with Gasteiger partial charge in [-0.1, -0.05) is 35.0 Å². The van der Waals surface area contributed by atoms with Gasteiger partial charge in [0.05, 0.1) is 18.8 Å². The second-order valence-electron chi connectivity index (χ2n) is 8.00. The Bertz CT molecular complexity index is 956. The van der Waals surface area contributed by atoms with Crippen molar-refractivity contribution < 1.29 is 4.74 Å². The summed E-state index contributed by atoms with van der Waals surface area (Å²) in [6.07, 6.45) is 3.03. The predicted molar refractivity (Wildman–Crippen MR) is 121 cm³/mol. The number of allylic oxidation sites excluding steroid dienone is 1. The molecule has 1 aliphatic rings. The maximum Gasteiger partial charge on any atom is 0.128 e. The Morgan fingerprint density at radius 1 is 1.36 bits per heavy atom. The number of methoxy groups -OCH3 is 1. The first-order valence-electron chi connectivity index (χ1n) is 9.68. The highest BCUT2D eigenvalue weighted by Gasteiger charge is 2.36. The van der Waals surface area contributed by atoms with Gasteiger partial charge in [-0.2, -0.15) is 5.26 Å². The van der Waals surface area contributed by atoms with Gasteiger partial charge in [0.25, 0.3) is 0 Å². The van der Waals surface area contributed by atoms with Crippen LogP contribution in [0.5, 0.6) is 5.75 Å². The van der Waals surface area contributed by atoms with Crippen molar-refractivity contribution in [3.05, 3.63) is 57.6 Å². The normalized spacial score (nSPS) is 18.4. The smallest absolute Gasteiger partial charge is 0.128 e. The minimum atomic E-state index is 0.109. The van der Waals surface area contributed by atoms with E-state index in [-0.39, 0.29) is 5.54 Å². The summed E-state index contributed by atoms with van der Waals surface area (Å²) in [6.45, 7) is 10.0. The summed E-state index contributed by atoms with van der Waals surface area (Å²) < 4.78 is 6.68. The lowest BCUT2D eigenvalue weighted by Gasteiger charge is -2.47. The molecular formula is C24H27BrN2O. The zero-order chi connectivity index (χ0) is 20.5. The van der Waals surface area contributed by atoms with Crippen molar-refractivity contribution in [2.45, 2.75) is 45.6 Å². The topological polar surface area (TPSA) is 36.3 Å². The van der Waals surface area contributed by atoms with Crippen LogP contribution in [0.2, 0.25) is 0 Å². The van der Waals surface area contributed by atoms with Gasteiger partial charge < -0.3 is 9.64 Å². The summed E-state index contributed by atoms with van der Waals surface area (Å²) in [4.78, 5) is 2.46. The summed E-state index contributed by atoms with van der Waals surface area (Å²) in [5.41, 5.74) is 5.12. The molecule has 0 saturated heterocycles. The van der Waals surface area contributed by atoms with Crippen molar-refractivity contribution in [3.8, 4) is 11.8 Å². The van der Waals surface area contributed by atoms with Crippen molar-refractivity contribution in [1.82, 2.24) is 0 Å². The molecule has 0 N–H and O–H groups in total. The number of halogens is 1. The van der Waals surface area contributed by atoms with E-state index in [0.717, 1.165) is 34.3 Å². The molecule has 0 radical (unpaired) electrons. The number of rotatable bonds is 4. The molecule has 2 aromatic carbocycles. The lowest BCUT2D eigenvalue weighted by molar-refractivity contribution is 0.377. The van der Waals surface area contributed by atoms with Gasteiger partial charge in [0, 0.05) is 33.9 Å². The molecule has 2 aromatic rings. The minimum absolute atomic E-state index is 0.109. The third-order valence-electron chi connectivity index (χ3n) is 5.61. The second kappa shape index (κ2) is 8.01. The highest BCUT2D eigenvalue weighted by molar-refractivity contribution is 9.10. The van der Waals surface area contributed by atoms with Gasteiger partial charge in [-0.05, 0) is 68.5 Å². The summed E-state index contributed by atoms with van der Waals surface area (Å²) in [5, 5.41) is 9.75. The molecule has 3 nitrogen and oxygen atoms in total. The number of nitrogens with zero attached hydrogens (tertiary/aromatic N) is 2. The first kappa shape index (κ1) is 20.5. The third-order valence-corrected chi connectivity index (χ3v) is 6.10. The minimum Gasteiger partial charge on any atom is -0.496 e. The van der Waals surface area contributed by atoms with Gasteiger partial charge in [-0.15, -0.1) is 0 Å². The Kier molecular flexibility index (Phi) is 5.86. The van der Waals surface area contributed by atoms with Gasteiger partial charge in [-0.25, -0.2) is 0 Å². The van der Waals surface area contributed by atoms with Crippen molar-refractivity contribution in [2.24, 2.45) is 0 Å². The summed E-state index contributed by atoms with van der Waals surface area (Å²) >= 11 is 3.49. The molecule has 0 spiro atoms. The molecular weight excluding hydrogens is 412 g/mol. The number of ether oxygens (including phenoxy) is 1. The van der Waals surface area contributed by atoms with Gasteiger partial charge in [0.15, 0.2) is 0 Å². The van der Waals surface area contributed by atoms with Crippen LogP contribution in [0, 0.1) is 11.3 Å². The maximum atomic E-state index is 9.75. The summed E-state index contributed by atoms with van der Waals surface area (Å²) in [6, 6.07) is 14.5. The van der Waals surface area contributed by atoms with Crippen molar-refractivity contribution in [3.63, 3.8) is 0 Å². The zero-order valence-corrected chi connectivity index (χ0v) is 18.8. The Morgan fingerprint density at radius 2 is 2.11 bits per heavy atom. The number of anilines is 1. The van der Waals surface area contributed by atoms with E-state index in [1.54, 1.807) is 7.11 Å². The monoisotopic (exact) mass is 438 g/mol. The molecule has 3 rings (SSSR count). The SMILES string of the molecule is CCN1c2cc(OC)c(/C=C(\C#N)c3cccc(Br)c3)cc2C(C)CC1(C)C. The van der Waals surface area contributed by atoms with Crippen LogP contribution < -0.4 is 9.64 Å². The van der Waals surface area contributed by atoms with E-state index < -0.39 is 0 Å². The van der Waals surface area contributed by atoms with Crippen molar-refractivity contribution in [1.29, 1.82) is 5.26 Å². The van der Waals surface area contributed by atoms with E-state index in [9.17, 15) is 5.26 Å². The van der Waals surface area contributed by atoms with Crippen molar-refractivity contribution >= 4 is 33.3 Å². The fraction of sp³-hybridized carbons (Fsp3) is 0.375. The number of fused-ring (bicyclic) bond motifs is 1. The number of hydrogen-bond acceptors (Lipinski definition) is 3. The number of nitriles is 1. The van der Waals surface area contributed by atoms with Gasteiger partial charge in [0.2, 0.25) is 0 Å². The van der Waals surface area contributed by atoms with E-state index in [1.807, 2.05) is 30.3 Å². The van der Waals surface area contributed by atoms with Crippen LogP contribution in [0.25, 0.3) is 11.6 Å². The maximum absolute atomic E-state index is 9.75. The zero-order valence-electron chi connectivity index (χ0n) is 17.2. The van der Waals surface area contributed by atoms with Crippen LogP contribution in [0.3, 0.4) is 0 Å². The highest BCUT2D eigenvalue weighted by Crippen LogP contribution is 2.46. The fourth-order valence-electron chi connectivity index (χ4n) is 4.41. The van der Waals surface area contributed by atoms with Crippen LogP contribution in [0.1, 0.15) is 56.7 Å². The Morgan fingerprint density at radius 3 is 2.71 bits per heavy atom. The number of hydrogen-bond donors (Lipinski definition) is 0. The molecule has 0 saturated carbocycles. The molecule has 1 unspecified atom stereocenters. The lowest BCUT2D eigenvalue weighted by atomic mass is 9.79. The van der Waals surface area contributed by atoms with E-state index in [4.69, 9.17) is 4.74 Å². The summed E-state index contributed by atoms with van der Waals surface area (Å²) in [7, 11) is 1.69. The van der Waals surface area contributed by atoms with Crippen molar-refractivity contribution in [2.75, 3.05) is 18.6 Å². The Labute approximate surface area is 176 Å². The van der Waals surface area contributed by atoms with Crippen LogP contribution in [-0.4, -0.2) is 19.2 Å².